The number of ether oxygens (including phenoxy) is 1. The molecule has 3 rings (SSSR count). The van der Waals surface area contributed by atoms with Gasteiger partial charge in [-0.1, -0.05) is 30.9 Å². The molecule has 0 unspecified atom stereocenters. The van der Waals surface area contributed by atoms with E-state index in [-0.39, 0.29) is 12.2 Å². The first-order chi connectivity index (χ1) is 16.3. The van der Waals surface area contributed by atoms with E-state index in [4.69, 9.17) is 4.74 Å². The first-order valence-corrected chi connectivity index (χ1v) is 11.4. The monoisotopic (exact) mass is 499 g/mol. The Labute approximate surface area is 200 Å². The number of amides is 2. The van der Waals surface area contributed by atoms with Crippen LogP contribution in [0.25, 0.3) is 5.69 Å². The minimum absolute atomic E-state index is 0.0999. The third kappa shape index (κ3) is 6.92. The van der Waals surface area contributed by atoms with Gasteiger partial charge in [-0.15, -0.1) is 5.10 Å². The van der Waals surface area contributed by atoms with E-state index in [9.17, 15) is 27.2 Å². The standard InChI is InChI=1S/C23H29F4N5O3/c1-21(2,3)35-20(34)29-22(12-6-4-5-7-13-22)14-28-19(33)17-18(23(25,26)27)32(31-30-17)16-10-8-15(24)9-11-16/h8-11H,4-7,12-14H2,1-3H3,(H,28,33)(H,29,34). The molecule has 35 heavy (non-hydrogen) atoms. The maximum atomic E-state index is 13.9. The van der Waals surface area contributed by atoms with Crippen LogP contribution in [0.15, 0.2) is 24.3 Å². The lowest BCUT2D eigenvalue weighted by molar-refractivity contribution is -0.143. The number of halogens is 4. The number of aromatic nitrogens is 3. The van der Waals surface area contributed by atoms with Gasteiger partial charge in [0.05, 0.1) is 11.2 Å². The minimum Gasteiger partial charge on any atom is -0.444 e. The number of alkyl halides is 3. The summed E-state index contributed by atoms with van der Waals surface area (Å²) in [4.78, 5) is 25.3. The minimum atomic E-state index is -4.96. The summed E-state index contributed by atoms with van der Waals surface area (Å²) in [6.45, 7) is 5.05. The quantitative estimate of drug-likeness (QED) is 0.456. The van der Waals surface area contributed by atoms with Crippen molar-refractivity contribution in [3.05, 3.63) is 41.5 Å². The molecule has 0 atom stereocenters. The number of hydrogen-bond acceptors (Lipinski definition) is 5. The molecule has 2 N–H and O–H groups in total. The molecule has 0 radical (unpaired) electrons. The van der Waals surface area contributed by atoms with Crippen LogP contribution in [0, 0.1) is 5.82 Å². The fourth-order valence-corrected chi connectivity index (χ4v) is 4.06. The van der Waals surface area contributed by atoms with E-state index < -0.39 is 46.5 Å². The Kier molecular flexibility index (Phi) is 7.71. The van der Waals surface area contributed by atoms with Crippen LogP contribution in [0.3, 0.4) is 0 Å². The van der Waals surface area contributed by atoms with E-state index in [1.165, 1.54) is 0 Å². The molecule has 1 saturated carbocycles. The van der Waals surface area contributed by atoms with Gasteiger partial charge in [-0.25, -0.2) is 13.9 Å². The van der Waals surface area contributed by atoms with Gasteiger partial charge in [0.1, 0.15) is 11.4 Å². The highest BCUT2D eigenvalue weighted by molar-refractivity contribution is 5.93. The lowest BCUT2D eigenvalue weighted by Gasteiger charge is -2.35. The molecular weight excluding hydrogens is 470 g/mol. The Morgan fingerprint density at radius 3 is 2.20 bits per heavy atom. The molecule has 1 heterocycles. The second kappa shape index (κ2) is 10.2. The Balaban J connectivity index is 1.84. The third-order valence-corrected chi connectivity index (χ3v) is 5.64. The van der Waals surface area contributed by atoms with Gasteiger partial charge < -0.3 is 15.4 Å². The number of nitrogens with zero attached hydrogens (tertiary/aromatic N) is 3. The summed E-state index contributed by atoms with van der Waals surface area (Å²) in [5.41, 5.74) is -4.00. The first-order valence-electron chi connectivity index (χ1n) is 11.4. The van der Waals surface area contributed by atoms with E-state index in [0.717, 1.165) is 49.9 Å². The van der Waals surface area contributed by atoms with Crippen LogP contribution in [0.5, 0.6) is 0 Å². The lowest BCUT2D eigenvalue weighted by atomic mass is 9.90. The molecule has 0 saturated heterocycles. The smallest absolute Gasteiger partial charge is 0.435 e. The molecule has 1 aliphatic carbocycles. The molecular formula is C23H29F4N5O3. The number of hydrogen-bond donors (Lipinski definition) is 2. The molecule has 0 spiro atoms. The highest BCUT2D eigenvalue weighted by Crippen LogP contribution is 2.33. The van der Waals surface area contributed by atoms with Gasteiger partial charge in [-0.05, 0) is 57.9 Å². The highest BCUT2D eigenvalue weighted by atomic mass is 19.4. The number of rotatable bonds is 5. The summed E-state index contributed by atoms with van der Waals surface area (Å²) in [5.74, 6) is -1.72. The van der Waals surface area contributed by atoms with Crippen molar-refractivity contribution in [3.63, 3.8) is 0 Å². The number of carbonyl (C=O) groups is 2. The van der Waals surface area contributed by atoms with Gasteiger partial charge in [-0.3, -0.25) is 4.79 Å². The molecule has 2 amide bonds. The van der Waals surface area contributed by atoms with Crippen molar-refractivity contribution in [2.75, 3.05) is 6.54 Å². The summed E-state index contributed by atoms with van der Waals surface area (Å²) < 4.78 is 60.7. The number of nitrogens with one attached hydrogen (secondary N) is 2. The predicted octanol–water partition coefficient (Wildman–Crippen LogP) is 4.77. The zero-order valence-electron chi connectivity index (χ0n) is 19.8. The second-order valence-electron chi connectivity index (χ2n) is 9.68. The van der Waals surface area contributed by atoms with Gasteiger partial charge in [0.2, 0.25) is 0 Å². The number of carbonyl (C=O) groups excluding carboxylic acids is 2. The van der Waals surface area contributed by atoms with Crippen molar-refractivity contribution in [1.82, 2.24) is 25.6 Å². The van der Waals surface area contributed by atoms with E-state index >= 15 is 0 Å². The largest absolute Gasteiger partial charge is 0.444 e. The summed E-state index contributed by atoms with van der Waals surface area (Å²) in [6, 6.07) is 4.17. The van der Waals surface area contributed by atoms with Gasteiger partial charge in [0.25, 0.3) is 5.91 Å². The normalized spacial score (nSPS) is 16.3. The molecule has 0 bridgehead atoms. The van der Waals surface area contributed by atoms with E-state index in [1.807, 2.05) is 0 Å². The molecule has 12 heteroatoms. The van der Waals surface area contributed by atoms with Gasteiger partial charge in [-0.2, -0.15) is 13.2 Å². The van der Waals surface area contributed by atoms with Gasteiger partial charge in [0, 0.05) is 6.54 Å². The van der Waals surface area contributed by atoms with Crippen LogP contribution in [-0.2, 0) is 10.9 Å². The Hall–Kier alpha value is -3.18. The highest BCUT2D eigenvalue weighted by Gasteiger charge is 2.43. The zero-order chi connectivity index (χ0) is 25.9. The fourth-order valence-electron chi connectivity index (χ4n) is 4.06. The summed E-state index contributed by atoms with van der Waals surface area (Å²) in [5, 5.41) is 12.3. The SMILES string of the molecule is CC(C)(C)OC(=O)NC1(CNC(=O)c2nnn(-c3ccc(F)cc3)c2C(F)(F)F)CCCCCC1. The van der Waals surface area contributed by atoms with E-state index in [1.54, 1.807) is 20.8 Å². The summed E-state index contributed by atoms with van der Waals surface area (Å²) in [7, 11) is 0. The molecule has 8 nitrogen and oxygen atoms in total. The third-order valence-electron chi connectivity index (χ3n) is 5.64. The van der Waals surface area contributed by atoms with Crippen molar-refractivity contribution in [3.8, 4) is 5.69 Å². The van der Waals surface area contributed by atoms with Crippen molar-refractivity contribution in [2.24, 2.45) is 0 Å². The topological polar surface area (TPSA) is 98.1 Å². The van der Waals surface area contributed by atoms with E-state index in [2.05, 4.69) is 20.9 Å². The average Bonchev–Trinajstić information content (AvgIpc) is 3.07. The second-order valence-corrected chi connectivity index (χ2v) is 9.68. The van der Waals surface area contributed by atoms with Crippen LogP contribution in [0.1, 0.15) is 75.5 Å². The Morgan fingerprint density at radius 2 is 1.66 bits per heavy atom. The maximum Gasteiger partial charge on any atom is 0.435 e. The van der Waals surface area contributed by atoms with Crippen LogP contribution < -0.4 is 10.6 Å². The van der Waals surface area contributed by atoms with Gasteiger partial charge in [0.15, 0.2) is 11.4 Å². The van der Waals surface area contributed by atoms with Crippen LogP contribution >= 0.6 is 0 Å². The summed E-state index contributed by atoms with van der Waals surface area (Å²) in [6.07, 6.45) is -1.13. The molecule has 192 valence electrons. The molecule has 0 aliphatic heterocycles. The average molecular weight is 500 g/mol. The van der Waals surface area contributed by atoms with Crippen LogP contribution in [-0.4, -0.2) is 44.7 Å². The maximum absolute atomic E-state index is 13.9. The first kappa shape index (κ1) is 26.4. The Bertz CT molecular complexity index is 1040. The van der Waals surface area contributed by atoms with Crippen molar-refractivity contribution in [1.29, 1.82) is 0 Å². The van der Waals surface area contributed by atoms with Crippen LogP contribution in [0.2, 0.25) is 0 Å². The molecule has 1 aromatic carbocycles. The lowest BCUT2D eigenvalue weighted by Crippen LogP contribution is -2.56. The number of benzene rings is 1. The van der Waals surface area contributed by atoms with Crippen molar-refractivity contribution < 1.29 is 31.9 Å². The van der Waals surface area contributed by atoms with Crippen LogP contribution in [0.4, 0.5) is 22.4 Å². The Morgan fingerprint density at radius 1 is 1.06 bits per heavy atom. The molecule has 1 aliphatic rings. The van der Waals surface area contributed by atoms with Crippen molar-refractivity contribution in [2.45, 2.75) is 76.6 Å². The molecule has 1 fully saturated rings. The van der Waals surface area contributed by atoms with Crippen molar-refractivity contribution >= 4 is 12.0 Å². The fraction of sp³-hybridized carbons (Fsp3) is 0.565. The van der Waals surface area contributed by atoms with Gasteiger partial charge >= 0.3 is 12.3 Å². The predicted molar refractivity (Wildman–Crippen MR) is 118 cm³/mol. The summed E-state index contributed by atoms with van der Waals surface area (Å²) >= 11 is 0. The number of alkyl carbamates (subject to hydrolysis) is 1. The zero-order valence-corrected chi connectivity index (χ0v) is 19.8. The van der Waals surface area contributed by atoms with E-state index in [0.29, 0.717) is 17.5 Å². The molecule has 1 aromatic heterocycles. The molecule has 2 aromatic rings.